The van der Waals surface area contributed by atoms with E-state index in [9.17, 15) is 24.3 Å². The fourth-order valence-corrected chi connectivity index (χ4v) is 5.92. The number of fused-ring (bicyclic) bond motifs is 3. The second kappa shape index (κ2) is 13.2. The predicted molar refractivity (Wildman–Crippen MR) is 156 cm³/mol. The number of ether oxygens (including phenoxy) is 3. The highest BCUT2D eigenvalue weighted by Gasteiger charge is 2.47. The fourth-order valence-electron chi connectivity index (χ4n) is 5.92. The summed E-state index contributed by atoms with van der Waals surface area (Å²) in [6, 6.07) is 3.57. The molecule has 4 unspecified atom stereocenters. The first-order valence-corrected chi connectivity index (χ1v) is 15.0. The fraction of sp³-hybridized carbons (Fsp3) is 0.677. The van der Waals surface area contributed by atoms with Gasteiger partial charge in [0.2, 0.25) is 12.3 Å². The average Bonchev–Trinajstić information content (AvgIpc) is 3.57. The second-order valence-corrected chi connectivity index (χ2v) is 13.6. The minimum atomic E-state index is -1.43. The van der Waals surface area contributed by atoms with Crippen LogP contribution in [0.2, 0.25) is 0 Å². The maximum Gasteiger partial charge on any atom is 0.410 e. The topological polar surface area (TPSA) is 147 Å². The van der Waals surface area contributed by atoms with Crippen LogP contribution in [0.1, 0.15) is 81.8 Å². The number of hydrogen-bond acceptors (Lipinski definition) is 9. The van der Waals surface area contributed by atoms with Crippen LogP contribution in [0.4, 0.5) is 4.79 Å². The largest absolute Gasteiger partial charge is 0.467 e. The molecule has 1 aromatic carbocycles. The van der Waals surface area contributed by atoms with Crippen LogP contribution in [0.15, 0.2) is 18.2 Å². The van der Waals surface area contributed by atoms with Crippen molar-refractivity contribution >= 4 is 23.9 Å². The minimum absolute atomic E-state index is 0.0168. The summed E-state index contributed by atoms with van der Waals surface area (Å²) in [5.74, 6) is -1.24. The van der Waals surface area contributed by atoms with Gasteiger partial charge in [0.15, 0.2) is 0 Å². The molecular weight excluding hydrogens is 556 g/mol. The van der Waals surface area contributed by atoms with Crippen molar-refractivity contribution in [3.8, 4) is 0 Å². The van der Waals surface area contributed by atoms with Crippen LogP contribution in [0, 0.1) is 10.8 Å². The summed E-state index contributed by atoms with van der Waals surface area (Å²) in [6.07, 6.45) is -0.314. The third kappa shape index (κ3) is 7.84. The summed E-state index contributed by atoms with van der Waals surface area (Å²) < 4.78 is 16.6. The third-order valence-corrected chi connectivity index (χ3v) is 8.39. The number of rotatable bonds is 1. The van der Waals surface area contributed by atoms with Crippen LogP contribution in [0.3, 0.4) is 0 Å². The van der Waals surface area contributed by atoms with E-state index in [1.54, 1.807) is 6.07 Å². The Morgan fingerprint density at radius 1 is 1.14 bits per heavy atom. The van der Waals surface area contributed by atoms with E-state index >= 15 is 0 Å². The number of aliphatic hydroxyl groups excluding tert-OH is 1. The molecule has 0 aromatic heterocycles. The first kappa shape index (κ1) is 32.7. The summed E-state index contributed by atoms with van der Waals surface area (Å²) in [4.78, 5) is 55.9. The molecule has 1 saturated heterocycles. The van der Waals surface area contributed by atoms with E-state index < -0.39 is 48.0 Å². The SMILES string of the molecule is COC(=O)C1CC2CN1C(=O)C(C(C)(C)C)NC(O)OCC(C)(C)CCCCNC(=O)c1cccc3c1CN(C3)C(=O)O2. The Morgan fingerprint density at radius 3 is 2.58 bits per heavy atom. The maximum absolute atomic E-state index is 13.9. The number of benzene rings is 1. The van der Waals surface area contributed by atoms with Crippen molar-refractivity contribution < 1.29 is 38.5 Å². The highest BCUT2D eigenvalue weighted by atomic mass is 16.6. The molecule has 0 saturated carbocycles. The Labute approximate surface area is 253 Å². The van der Waals surface area contributed by atoms with Gasteiger partial charge < -0.3 is 29.5 Å². The zero-order valence-corrected chi connectivity index (χ0v) is 26.1. The number of methoxy groups -OCH3 is 1. The van der Waals surface area contributed by atoms with E-state index in [0.717, 1.165) is 30.4 Å². The molecule has 12 nitrogen and oxygen atoms in total. The van der Waals surface area contributed by atoms with Gasteiger partial charge in [-0.25, -0.2) is 9.59 Å². The van der Waals surface area contributed by atoms with E-state index in [1.165, 1.54) is 16.9 Å². The first-order valence-electron chi connectivity index (χ1n) is 15.0. The van der Waals surface area contributed by atoms with E-state index in [-0.39, 0.29) is 44.0 Å². The Kier molecular flexibility index (Phi) is 10.0. The van der Waals surface area contributed by atoms with Gasteiger partial charge in [-0.05, 0) is 40.9 Å². The molecule has 4 rings (SSSR count). The van der Waals surface area contributed by atoms with Gasteiger partial charge in [0.1, 0.15) is 12.1 Å². The van der Waals surface area contributed by atoms with Crippen LogP contribution in [0.25, 0.3) is 0 Å². The molecule has 3 amide bonds. The summed E-state index contributed by atoms with van der Waals surface area (Å²) in [7, 11) is 1.25. The van der Waals surface area contributed by atoms with Gasteiger partial charge in [-0.2, -0.15) is 0 Å². The molecular formula is C31H46N4O8. The second-order valence-electron chi connectivity index (χ2n) is 13.6. The molecule has 4 atom stereocenters. The summed E-state index contributed by atoms with van der Waals surface area (Å²) in [5, 5.41) is 16.7. The van der Waals surface area contributed by atoms with Crippen molar-refractivity contribution in [1.29, 1.82) is 0 Å². The smallest absolute Gasteiger partial charge is 0.410 e. The summed E-state index contributed by atoms with van der Waals surface area (Å²) in [6.45, 7) is 10.8. The number of amides is 3. The highest BCUT2D eigenvalue weighted by molar-refractivity contribution is 5.96. The molecule has 238 valence electrons. The molecule has 0 spiro atoms. The molecule has 0 aliphatic carbocycles. The molecule has 4 bridgehead atoms. The molecule has 1 aromatic rings. The number of carbonyl (C=O) groups is 4. The monoisotopic (exact) mass is 602 g/mol. The van der Waals surface area contributed by atoms with Gasteiger partial charge in [-0.3, -0.25) is 19.8 Å². The summed E-state index contributed by atoms with van der Waals surface area (Å²) >= 11 is 0. The standard InChI is InChI=1S/C31H46N4O8/c1-30(2,3)24-26(37)35-16-20(14-23(35)27(38)41-6)43-29(40)34-15-19-10-9-11-21(22(19)17-34)25(36)32-13-8-7-12-31(4,5)18-42-28(39)33-24/h9-11,20,23-24,28,33,39H,7-8,12-18H2,1-6H3,(H,32,36). The van der Waals surface area contributed by atoms with Gasteiger partial charge >= 0.3 is 12.1 Å². The quantitative estimate of drug-likeness (QED) is 0.413. The Balaban J connectivity index is 1.60. The molecule has 3 heterocycles. The molecule has 1 fully saturated rings. The van der Waals surface area contributed by atoms with E-state index in [4.69, 9.17) is 14.2 Å². The van der Waals surface area contributed by atoms with Crippen LogP contribution in [0.5, 0.6) is 0 Å². The Hall–Kier alpha value is -3.22. The van der Waals surface area contributed by atoms with Crippen LogP contribution in [-0.2, 0) is 36.9 Å². The summed E-state index contributed by atoms with van der Waals surface area (Å²) in [5.41, 5.74) is 1.26. The molecule has 43 heavy (non-hydrogen) atoms. The van der Waals surface area contributed by atoms with Crippen LogP contribution in [-0.4, -0.2) is 90.2 Å². The Bertz CT molecular complexity index is 1210. The number of aliphatic hydroxyl groups is 1. The number of esters is 1. The minimum Gasteiger partial charge on any atom is -0.467 e. The van der Waals surface area contributed by atoms with E-state index in [0.29, 0.717) is 12.1 Å². The average molecular weight is 603 g/mol. The maximum atomic E-state index is 13.9. The van der Waals surface area contributed by atoms with Crippen LogP contribution < -0.4 is 10.6 Å². The van der Waals surface area contributed by atoms with Crippen molar-refractivity contribution in [1.82, 2.24) is 20.4 Å². The van der Waals surface area contributed by atoms with E-state index in [2.05, 4.69) is 10.6 Å². The molecule has 3 N–H and O–H groups in total. The van der Waals surface area contributed by atoms with Crippen molar-refractivity contribution in [2.45, 2.75) is 98.0 Å². The highest BCUT2D eigenvalue weighted by Crippen LogP contribution is 2.31. The van der Waals surface area contributed by atoms with Gasteiger partial charge in [0.25, 0.3) is 5.91 Å². The molecule has 3 aliphatic rings. The lowest BCUT2D eigenvalue weighted by atomic mass is 9.85. The first-order chi connectivity index (χ1) is 20.2. The zero-order valence-electron chi connectivity index (χ0n) is 26.1. The number of nitrogens with zero attached hydrogens (tertiary/aromatic N) is 2. The van der Waals surface area contributed by atoms with Crippen LogP contribution >= 0.6 is 0 Å². The van der Waals surface area contributed by atoms with Crippen molar-refractivity contribution in [3.63, 3.8) is 0 Å². The number of carbonyl (C=O) groups excluding carboxylic acids is 4. The normalized spacial score (nSPS) is 27.6. The lowest BCUT2D eigenvalue weighted by Gasteiger charge is -2.36. The van der Waals surface area contributed by atoms with Gasteiger partial charge in [-0.15, -0.1) is 0 Å². The molecule has 3 aliphatic heterocycles. The lowest BCUT2D eigenvalue weighted by molar-refractivity contribution is -0.164. The number of hydrogen-bond donors (Lipinski definition) is 3. The predicted octanol–water partition coefficient (Wildman–Crippen LogP) is 2.52. The number of nitrogens with one attached hydrogen (secondary N) is 2. The van der Waals surface area contributed by atoms with Gasteiger partial charge in [0.05, 0.1) is 32.8 Å². The van der Waals surface area contributed by atoms with Crippen molar-refractivity contribution in [2.75, 3.05) is 26.8 Å². The van der Waals surface area contributed by atoms with Gasteiger partial charge in [0, 0.05) is 25.1 Å². The Morgan fingerprint density at radius 2 is 1.88 bits per heavy atom. The zero-order chi connectivity index (χ0) is 31.5. The van der Waals surface area contributed by atoms with E-state index in [1.807, 2.05) is 46.8 Å². The van der Waals surface area contributed by atoms with Crippen molar-refractivity contribution in [2.24, 2.45) is 10.8 Å². The van der Waals surface area contributed by atoms with Crippen molar-refractivity contribution in [3.05, 3.63) is 34.9 Å². The van der Waals surface area contributed by atoms with Gasteiger partial charge in [-0.1, -0.05) is 53.2 Å². The molecule has 12 heteroatoms. The molecule has 0 radical (unpaired) electrons. The third-order valence-electron chi connectivity index (χ3n) is 8.39. The lowest BCUT2D eigenvalue weighted by Crippen LogP contribution is -2.58.